The zero-order chi connectivity index (χ0) is 23.9. The molecule has 0 saturated heterocycles. The third-order valence-corrected chi connectivity index (χ3v) is 5.71. The van der Waals surface area contributed by atoms with Crippen LogP contribution in [0.1, 0.15) is 28.4 Å². The molecule has 2 amide bonds. The number of hydrogen-bond acceptors (Lipinski definition) is 3. The van der Waals surface area contributed by atoms with Gasteiger partial charge in [-0.05, 0) is 24.6 Å². The lowest BCUT2D eigenvalue weighted by atomic mass is 10.1. The van der Waals surface area contributed by atoms with E-state index in [1.807, 2.05) is 59.4 Å². The Morgan fingerprint density at radius 2 is 1.59 bits per heavy atom. The van der Waals surface area contributed by atoms with E-state index < -0.39 is 11.9 Å². The van der Waals surface area contributed by atoms with Crippen LogP contribution in [-0.2, 0) is 17.9 Å². The summed E-state index contributed by atoms with van der Waals surface area (Å²) in [5.74, 6) is -0.691. The molecule has 172 valence electrons. The average molecular weight is 473 g/mol. The van der Waals surface area contributed by atoms with Crippen molar-refractivity contribution in [3.05, 3.63) is 113 Å². The lowest BCUT2D eigenvalue weighted by molar-refractivity contribution is -0.122. The number of nitrogens with one attached hydrogen (secondary N) is 2. The number of aromatic nitrogens is 2. The molecule has 4 aromatic rings. The fraction of sp³-hybridized carbons (Fsp3) is 0.148. The Morgan fingerprint density at radius 3 is 2.29 bits per heavy atom. The number of nitrogens with zero attached hydrogens (tertiary/aromatic N) is 2. The fourth-order valence-corrected chi connectivity index (χ4v) is 3.82. The van der Waals surface area contributed by atoms with E-state index in [2.05, 4.69) is 22.8 Å². The van der Waals surface area contributed by atoms with Gasteiger partial charge in [0.25, 0.3) is 5.91 Å². The van der Waals surface area contributed by atoms with Crippen LogP contribution in [0, 0.1) is 0 Å². The van der Waals surface area contributed by atoms with Crippen molar-refractivity contribution in [1.29, 1.82) is 0 Å². The van der Waals surface area contributed by atoms with Crippen LogP contribution in [0.2, 0.25) is 5.02 Å². The Morgan fingerprint density at radius 1 is 0.941 bits per heavy atom. The Hall–Kier alpha value is -3.90. The van der Waals surface area contributed by atoms with Gasteiger partial charge in [0.15, 0.2) is 0 Å². The number of carbonyl (C=O) groups excluding carboxylic acids is 2. The highest BCUT2D eigenvalue weighted by Gasteiger charge is 2.19. The first-order chi connectivity index (χ1) is 16.5. The number of halogens is 1. The van der Waals surface area contributed by atoms with Crippen LogP contribution >= 0.6 is 11.6 Å². The van der Waals surface area contributed by atoms with Crippen LogP contribution < -0.4 is 10.6 Å². The summed E-state index contributed by atoms with van der Waals surface area (Å²) in [5.41, 5.74) is 4.14. The van der Waals surface area contributed by atoms with E-state index >= 15 is 0 Å². The summed E-state index contributed by atoms with van der Waals surface area (Å²) in [4.78, 5) is 25.2. The lowest BCUT2D eigenvalue weighted by Gasteiger charge is -2.14. The SMILES string of the molecule is C[C@@H](NC(=O)c1ccccc1Cl)C(=O)NCc1cn(Cc2ccccc2)nc1-c1ccccc1. The number of benzene rings is 3. The van der Waals surface area contributed by atoms with Crippen molar-refractivity contribution in [2.45, 2.75) is 26.1 Å². The van der Waals surface area contributed by atoms with Gasteiger partial charge in [-0.1, -0.05) is 84.4 Å². The topological polar surface area (TPSA) is 76.0 Å². The summed E-state index contributed by atoms with van der Waals surface area (Å²) in [6, 6.07) is 25.9. The molecule has 7 heteroatoms. The van der Waals surface area contributed by atoms with Gasteiger partial charge in [0.2, 0.25) is 5.91 Å². The standard InChI is InChI=1S/C27H25ClN4O2/c1-19(30-27(34)23-14-8-9-15-24(23)28)26(33)29-16-22-18-32(17-20-10-4-2-5-11-20)31-25(22)21-12-6-3-7-13-21/h2-15,18-19H,16-17H2,1H3,(H,29,33)(H,30,34)/t19-/m1/s1. The second-order valence-electron chi connectivity index (χ2n) is 7.94. The molecule has 1 aromatic heterocycles. The smallest absolute Gasteiger partial charge is 0.253 e. The Kier molecular flexibility index (Phi) is 7.40. The van der Waals surface area contributed by atoms with Crippen molar-refractivity contribution >= 4 is 23.4 Å². The molecule has 1 heterocycles. The zero-order valence-corrected chi connectivity index (χ0v) is 19.5. The number of rotatable bonds is 8. The molecule has 0 aliphatic rings. The summed E-state index contributed by atoms with van der Waals surface area (Å²) >= 11 is 6.09. The van der Waals surface area contributed by atoms with E-state index in [9.17, 15) is 9.59 Å². The van der Waals surface area contributed by atoms with Crippen LogP contribution in [0.3, 0.4) is 0 Å². The van der Waals surface area contributed by atoms with E-state index in [4.69, 9.17) is 16.7 Å². The molecule has 0 radical (unpaired) electrons. The Balaban J connectivity index is 1.46. The van der Waals surface area contributed by atoms with Crippen molar-refractivity contribution in [2.24, 2.45) is 0 Å². The van der Waals surface area contributed by atoms with E-state index in [1.165, 1.54) is 0 Å². The van der Waals surface area contributed by atoms with Gasteiger partial charge in [-0.25, -0.2) is 0 Å². The first-order valence-electron chi connectivity index (χ1n) is 11.0. The fourth-order valence-electron chi connectivity index (χ4n) is 3.60. The van der Waals surface area contributed by atoms with Gasteiger partial charge in [0, 0.05) is 23.9 Å². The molecule has 0 saturated carbocycles. The molecule has 1 atom stereocenters. The van der Waals surface area contributed by atoms with Crippen molar-refractivity contribution < 1.29 is 9.59 Å². The molecule has 0 fully saturated rings. The Bertz CT molecular complexity index is 1270. The van der Waals surface area contributed by atoms with Crippen LogP contribution in [0.25, 0.3) is 11.3 Å². The molecule has 2 N–H and O–H groups in total. The molecule has 0 spiro atoms. The molecular weight excluding hydrogens is 448 g/mol. The molecule has 6 nitrogen and oxygen atoms in total. The summed E-state index contributed by atoms with van der Waals surface area (Å²) < 4.78 is 1.88. The zero-order valence-electron chi connectivity index (χ0n) is 18.7. The molecule has 0 unspecified atom stereocenters. The van der Waals surface area contributed by atoms with Crippen LogP contribution in [0.4, 0.5) is 0 Å². The number of carbonyl (C=O) groups is 2. The van der Waals surface area contributed by atoms with E-state index in [0.717, 1.165) is 22.4 Å². The third kappa shape index (κ3) is 5.71. The van der Waals surface area contributed by atoms with Crippen molar-refractivity contribution in [2.75, 3.05) is 0 Å². The summed E-state index contributed by atoms with van der Waals surface area (Å²) in [5, 5.41) is 10.7. The minimum atomic E-state index is -0.733. The quantitative estimate of drug-likeness (QED) is 0.390. The molecule has 0 aliphatic heterocycles. The van der Waals surface area contributed by atoms with E-state index in [1.54, 1.807) is 31.2 Å². The van der Waals surface area contributed by atoms with Crippen LogP contribution in [-0.4, -0.2) is 27.6 Å². The Labute approximate surface area is 203 Å². The normalized spacial score (nSPS) is 11.6. The molecule has 3 aromatic carbocycles. The minimum Gasteiger partial charge on any atom is -0.350 e. The number of amides is 2. The largest absolute Gasteiger partial charge is 0.350 e. The molecule has 4 rings (SSSR count). The highest BCUT2D eigenvalue weighted by atomic mass is 35.5. The van der Waals surface area contributed by atoms with Crippen LogP contribution in [0.5, 0.6) is 0 Å². The minimum absolute atomic E-state index is 0.282. The summed E-state index contributed by atoms with van der Waals surface area (Å²) in [6.45, 7) is 2.55. The molecule has 34 heavy (non-hydrogen) atoms. The monoisotopic (exact) mass is 472 g/mol. The second kappa shape index (κ2) is 10.8. The lowest BCUT2D eigenvalue weighted by Crippen LogP contribution is -2.44. The van der Waals surface area contributed by atoms with Gasteiger partial charge in [0.1, 0.15) is 6.04 Å². The van der Waals surface area contributed by atoms with Gasteiger partial charge in [-0.2, -0.15) is 5.10 Å². The van der Waals surface area contributed by atoms with Gasteiger partial charge < -0.3 is 10.6 Å². The van der Waals surface area contributed by atoms with Crippen LogP contribution in [0.15, 0.2) is 91.1 Å². The predicted molar refractivity (Wildman–Crippen MR) is 133 cm³/mol. The maximum absolute atomic E-state index is 12.7. The van der Waals surface area contributed by atoms with Gasteiger partial charge in [-0.15, -0.1) is 0 Å². The second-order valence-corrected chi connectivity index (χ2v) is 8.35. The molecular formula is C27H25ClN4O2. The maximum atomic E-state index is 12.7. The first-order valence-corrected chi connectivity index (χ1v) is 11.4. The van der Waals surface area contributed by atoms with Gasteiger partial charge in [0.05, 0.1) is 22.8 Å². The molecule has 0 aliphatic carbocycles. The highest BCUT2D eigenvalue weighted by molar-refractivity contribution is 6.33. The van der Waals surface area contributed by atoms with E-state index in [-0.39, 0.29) is 12.5 Å². The van der Waals surface area contributed by atoms with Crippen molar-refractivity contribution in [3.8, 4) is 11.3 Å². The van der Waals surface area contributed by atoms with E-state index in [0.29, 0.717) is 17.1 Å². The summed E-state index contributed by atoms with van der Waals surface area (Å²) in [7, 11) is 0. The summed E-state index contributed by atoms with van der Waals surface area (Å²) in [6.07, 6.45) is 1.95. The van der Waals surface area contributed by atoms with Crippen molar-refractivity contribution in [1.82, 2.24) is 20.4 Å². The predicted octanol–water partition coefficient (Wildman–Crippen LogP) is 4.69. The average Bonchev–Trinajstić information content (AvgIpc) is 3.26. The molecule has 0 bridgehead atoms. The van der Waals surface area contributed by atoms with Crippen molar-refractivity contribution in [3.63, 3.8) is 0 Å². The first kappa shape index (κ1) is 23.3. The highest BCUT2D eigenvalue weighted by Crippen LogP contribution is 2.22. The number of hydrogen-bond donors (Lipinski definition) is 2. The maximum Gasteiger partial charge on any atom is 0.253 e. The van der Waals surface area contributed by atoms with Gasteiger partial charge >= 0.3 is 0 Å². The third-order valence-electron chi connectivity index (χ3n) is 5.38. The van der Waals surface area contributed by atoms with Gasteiger partial charge in [-0.3, -0.25) is 14.3 Å².